The lowest BCUT2D eigenvalue weighted by Crippen LogP contribution is -2.22. The van der Waals surface area contributed by atoms with Gasteiger partial charge in [-0.1, -0.05) is 11.8 Å². The van der Waals surface area contributed by atoms with Gasteiger partial charge in [0.25, 0.3) is 0 Å². The van der Waals surface area contributed by atoms with Gasteiger partial charge in [0, 0.05) is 35.9 Å². The summed E-state index contributed by atoms with van der Waals surface area (Å²) in [6, 6.07) is 4.15. The van der Waals surface area contributed by atoms with Gasteiger partial charge in [0.2, 0.25) is 0 Å². The van der Waals surface area contributed by atoms with Crippen molar-refractivity contribution in [3.8, 4) is 23.2 Å². The van der Waals surface area contributed by atoms with Crippen LogP contribution in [0.2, 0.25) is 0 Å². The summed E-state index contributed by atoms with van der Waals surface area (Å²) in [6.45, 7) is 5.28. The van der Waals surface area contributed by atoms with Gasteiger partial charge in [-0.2, -0.15) is 0 Å². The second-order valence-electron chi connectivity index (χ2n) is 7.10. The van der Waals surface area contributed by atoms with Gasteiger partial charge in [-0.05, 0) is 38.9 Å². The number of aliphatic hydroxyl groups is 1. The largest absolute Gasteiger partial charge is 0.378 e. The Morgan fingerprint density at radius 2 is 2.11 bits per heavy atom. The van der Waals surface area contributed by atoms with Gasteiger partial charge in [-0.25, -0.2) is 9.97 Å². The molecule has 0 aromatic carbocycles. The minimum absolute atomic E-state index is 0.349. The van der Waals surface area contributed by atoms with Crippen molar-refractivity contribution in [1.82, 2.24) is 20.3 Å². The van der Waals surface area contributed by atoms with Crippen LogP contribution in [0, 0.1) is 11.8 Å². The van der Waals surface area contributed by atoms with Crippen molar-refractivity contribution in [2.24, 2.45) is 0 Å². The van der Waals surface area contributed by atoms with E-state index in [-0.39, 0.29) is 0 Å². The van der Waals surface area contributed by atoms with Crippen molar-refractivity contribution >= 4 is 27.4 Å². The van der Waals surface area contributed by atoms with Crippen molar-refractivity contribution in [1.29, 1.82) is 0 Å². The highest BCUT2D eigenvalue weighted by molar-refractivity contribution is 7.18. The molecular weight excluding hydrogens is 358 g/mol. The second-order valence-corrected chi connectivity index (χ2v) is 7.98. The Morgan fingerprint density at radius 3 is 2.81 bits per heavy atom. The summed E-state index contributed by atoms with van der Waals surface area (Å²) >= 11 is 1.57. The molecule has 6 nitrogen and oxygen atoms in total. The number of fused-ring (bicyclic) bond motifs is 1. The fourth-order valence-corrected chi connectivity index (χ4v) is 3.82. The molecule has 1 saturated heterocycles. The molecule has 7 heteroatoms. The first-order valence-electron chi connectivity index (χ1n) is 8.92. The maximum absolute atomic E-state index is 9.94. The molecule has 138 valence electrons. The van der Waals surface area contributed by atoms with Crippen LogP contribution in [0.25, 0.3) is 21.6 Å². The lowest BCUT2D eigenvalue weighted by Gasteiger charge is -2.14. The third-order valence-corrected chi connectivity index (χ3v) is 5.23. The summed E-state index contributed by atoms with van der Waals surface area (Å²) in [6.07, 6.45) is 4.53. The smallest absolute Gasteiger partial charge is 0.162 e. The SMILES string of the molecule is CC(C)(O)C#Cc1csc2c(NC3CCNC3)nc(-c3ccncc3)nc12. The van der Waals surface area contributed by atoms with Gasteiger partial charge >= 0.3 is 0 Å². The predicted molar refractivity (Wildman–Crippen MR) is 109 cm³/mol. The highest BCUT2D eigenvalue weighted by Crippen LogP contribution is 2.32. The maximum atomic E-state index is 9.94. The lowest BCUT2D eigenvalue weighted by molar-refractivity contribution is 0.143. The normalized spacial score (nSPS) is 16.9. The molecule has 3 aromatic heterocycles. The minimum Gasteiger partial charge on any atom is -0.378 e. The molecule has 1 aliphatic rings. The first-order chi connectivity index (χ1) is 13.0. The molecule has 0 aliphatic carbocycles. The molecule has 1 fully saturated rings. The molecule has 27 heavy (non-hydrogen) atoms. The Morgan fingerprint density at radius 1 is 1.30 bits per heavy atom. The van der Waals surface area contributed by atoms with Crippen LogP contribution in [0.4, 0.5) is 5.82 Å². The fraction of sp³-hybridized carbons (Fsp3) is 0.350. The molecule has 0 spiro atoms. The van der Waals surface area contributed by atoms with E-state index in [1.165, 1.54) is 0 Å². The number of nitrogens with zero attached hydrogens (tertiary/aromatic N) is 3. The van der Waals surface area contributed by atoms with Crippen molar-refractivity contribution in [2.45, 2.75) is 31.9 Å². The molecule has 4 heterocycles. The number of aromatic nitrogens is 3. The van der Waals surface area contributed by atoms with Gasteiger partial charge < -0.3 is 15.7 Å². The van der Waals surface area contributed by atoms with Crippen LogP contribution < -0.4 is 10.6 Å². The Labute approximate surface area is 162 Å². The third kappa shape index (κ3) is 4.08. The Balaban J connectivity index is 1.84. The van der Waals surface area contributed by atoms with E-state index in [0.717, 1.165) is 46.7 Å². The molecular formula is C20H21N5OS. The number of nitrogens with one attached hydrogen (secondary N) is 2. The molecule has 1 aliphatic heterocycles. The molecule has 1 atom stereocenters. The zero-order valence-corrected chi connectivity index (χ0v) is 16.1. The number of rotatable bonds is 3. The molecule has 4 rings (SSSR count). The zero-order chi connectivity index (χ0) is 18.9. The van der Waals surface area contributed by atoms with Crippen LogP contribution in [-0.2, 0) is 0 Å². The van der Waals surface area contributed by atoms with Gasteiger partial charge in [0.15, 0.2) is 5.82 Å². The Hall–Kier alpha value is -2.53. The van der Waals surface area contributed by atoms with Gasteiger partial charge in [-0.3, -0.25) is 4.98 Å². The first kappa shape index (κ1) is 17.9. The van der Waals surface area contributed by atoms with Crippen LogP contribution in [0.1, 0.15) is 25.8 Å². The average molecular weight is 379 g/mol. The first-order valence-corrected chi connectivity index (χ1v) is 9.80. The van der Waals surface area contributed by atoms with Crippen LogP contribution >= 0.6 is 11.3 Å². The molecule has 0 amide bonds. The van der Waals surface area contributed by atoms with Crippen molar-refractivity contribution in [2.75, 3.05) is 18.4 Å². The predicted octanol–water partition coefficient (Wildman–Crippen LogP) is 2.65. The molecule has 3 N–H and O–H groups in total. The van der Waals surface area contributed by atoms with E-state index < -0.39 is 5.60 Å². The standard InChI is InChI=1S/C20H21N5OS/c1-20(2,26)7-3-14-12-27-17-16(14)24-18(13-4-8-21-9-5-13)25-19(17)23-15-6-10-22-11-15/h4-5,8-9,12,15,22,26H,6,10-11H2,1-2H3,(H,23,24,25). The quantitative estimate of drug-likeness (QED) is 0.607. The Bertz CT molecular complexity index is 1010. The molecule has 0 saturated carbocycles. The average Bonchev–Trinajstić information content (AvgIpc) is 3.30. The number of thiophene rings is 1. The van der Waals surface area contributed by atoms with E-state index in [9.17, 15) is 5.11 Å². The zero-order valence-electron chi connectivity index (χ0n) is 15.3. The van der Waals surface area contributed by atoms with Crippen LogP contribution in [0.3, 0.4) is 0 Å². The highest BCUT2D eigenvalue weighted by Gasteiger charge is 2.19. The van der Waals surface area contributed by atoms with E-state index >= 15 is 0 Å². The number of anilines is 1. The van der Waals surface area contributed by atoms with E-state index in [2.05, 4.69) is 27.5 Å². The Kier molecular flexibility index (Phi) is 4.79. The van der Waals surface area contributed by atoms with Gasteiger partial charge in [-0.15, -0.1) is 11.3 Å². The number of hydrogen-bond acceptors (Lipinski definition) is 7. The van der Waals surface area contributed by atoms with Crippen LogP contribution in [0.5, 0.6) is 0 Å². The maximum Gasteiger partial charge on any atom is 0.162 e. The second kappa shape index (κ2) is 7.24. The van der Waals surface area contributed by atoms with E-state index in [4.69, 9.17) is 9.97 Å². The topological polar surface area (TPSA) is 83.0 Å². The molecule has 0 bridgehead atoms. The van der Waals surface area contributed by atoms with Gasteiger partial charge in [0.05, 0.1) is 10.3 Å². The van der Waals surface area contributed by atoms with Crippen molar-refractivity contribution < 1.29 is 5.11 Å². The monoisotopic (exact) mass is 379 g/mol. The van der Waals surface area contributed by atoms with Crippen LogP contribution in [-0.4, -0.2) is 44.8 Å². The summed E-state index contributed by atoms with van der Waals surface area (Å²) < 4.78 is 0.986. The highest BCUT2D eigenvalue weighted by atomic mass is 32.1. The number of pyridine rings is 1. The lowest BCUT2D eigenvalue weighted by atomic mass is 10.1. The van der Waals surface area contributed by atoms with Crippen molar-refractivity contribution in [3.63, 3.8) is 0 Å². The summed E-state index contributed by atoms with van der Waals surface area (Å²) in [7, 11) is 0. The van der Waals surface area contributed by atoms with E-state index in [1.807, 2.05) is 17.5 Å². The summed E-state index contributed by atoms with van der Waals surface area (Å²) in [5.74, 6) is 7.43. The van der Waals surface area contributed by atoms with E-state index in [1.54, 1.807) is 37.6 Å². The molecule has 1 unspecified atom stereocenters. The summed E-state index contributed by atoms with van der Waals surface area (Å²) in [5.41, 5.74) is 1.48. The van der Waals surface area contributed by atoms with Crippen LogP contribution in [0.15, 0.2) is 29.9 Å². The van der Waals surface area contributed by atoms with Crippen molar-refractivity contribution in [3.05, 3.63) is 35.5 Å². The molecule has 3 aromatic rings. The number of hydrogen-bond donors (Lipinski definition) is 3. The minimum atomic E-state index is -1.05. The fourth-order valence-electron chi connectivity index (χ4n) is 2.93. The third-order valence-electron chi connectivity index (χ3n) is 4.26. The van der Waals surface area contributed by atoms with E-state index in [0.29, 0.717) is 11.9 Å². The summed E-state index contributed by atoms with van der Waals surface area (Å²) in [4.78, 5) is 13.6. The van der Waals surface area contributed by atoms with Gasteiger partial charge in [0.1, 0.15) is 16.9 Å². The molecule has 0 radical (unpaired) electrons. The summed E-state index contributed by atoms with van der Waals surface area (Å²) in [5, 5.41) is 18.8.